The maximum absolute atomic E-state index is 6.14. The highest BCUT2D eigenvalue weighted by Gasteiger charge is 2.14. The summed E-state index contributed by atoms with van der Waals surface area (Å²) in [6.45, 7) is 0. The Labute approximate surface area is 142 Å². The van der Waals surface area contributed by atoms with Crippen LogP contribution >= 0.6 is 11.8 Å². The third-order valence-electron chi connectivity index (χ3n) is 4.22. The van der Waals surface area contributed by atoms with Crippen LogP contribution in [-0.2, 0) is 0 Å². The third-order valence-corrected chi connectivity index (χ3v) is 4.85. The largest absolute Gasteiger partial charge is 0.455 e. The highest BCUT2D eigenvalue weighted by Crippen LogP contribution is 2.35. The van der Waals surface area contributed by atoms with Crippen LogP contribution in [0.2, 0.25) is 0 Å². The van der Waals surface area contributed by atoms with Crippen molar-refractivity contribution in [2.24, 2.45) is 0 Å². The van der Waals surface area contributed by atoms with E-state index < -0.39 is 0 Å². The van der Waals surface area contributed by atoms with Gasteiger partial charge in [-0.3, -0.25) is 0 Å². The minimum Gasteiger partial charge on any atom is -0.455 e. The van der Waals surface area contributed by atoms with Gasteiger partial charge >= 0.3 is 0 Å². The van der Waals surface area contributed by atoms with E-state index in [0.717, 1.165) is 43.9 Å². The molecule has 0 aliphatic heterocycles. The molecule has 0 radical (unpaired) electrons. The molecule has 0 N–H and O–H groups in total. The summed E-state index contributed by atoms with van der Waals surface area (Å²) >= 11 is 1.58. The van der Waals surface area contributed by atoms with Crippen molar-refractivity contribution in [3.8, 4) is 11.3 Å². The molecular weight excluding hydrogens is 318 g/mol. The molecule has 0 saturated carbocycles. The number of aromatic nitrogens is 3. The van der Waals surface area contributed by atoms with Crippen LogP contribution in [0.5, 0.6) is 0 Å². The van der Waals surface area contributed by atoms with Gasteiger partial charge in [0.05, 0.1) is 17.4 Å². The van der Waals surface area contributed by atoms with E-state index in [-0.39, 0.29) is 0 Å². The minimum atomic E-state index is 0.862. The summed E-state index contributed by atoms with van der Waals surface area (Å²) in [5, 5.41) is 7.44. The number of para-hydroxylation sites is 2. The van der Waals surface area contributed by atoms with E-state index in [0.29, 0.717) is 0 Å². The second-order valence-corrected chi connectivity index (χ2v) is 6.35. The Kier molecular flexibility index (Phi) is 2.90. The molecule has 0 spiro atoms. The third kappa shape index (κ3) is 1.88. The van der Waals surface area contributed by atoms with E-state index in [4.69, 9.17) is 9.40 Å². The molecule has 0 unspecified atom stereocenters. The van der Waals surface area contributed by atoms with Gasteiger partial charge in [-0.25, -0.2) is 9.50 Å². The molecule has 4 nitrogen and oxygen atoms in total. The van der Waals surface area contributed by atoms with Gasteiger partial charge in [-0.1, -0.05) is 42.1 Å². The van der Waals surface area contributed by atoms with Crippen molar-refractivity contribution in [3.63, 3.8) is 0 Å². The number of furan rings is 1. The average molecular weight is 331 g/mol. The van der Waals surface area contributed by atoms with Gasteiger partial charge in [-0.15, -0.1) is 0 Å². The predicted octanol–water partition coefficient (Wildman–Crippen LogP) is 5.02. The summed E-state index contributed by atoms with van der Waals surface area (Å²) in [7, 11) is 0. The van der Waals surface area contributed by atoms with Gasteiger partial charge in [0.25, 0.3) is 0 Å². The number of fused-ring (bicyclic) bond motifs is 4. The Balaban J connectivity index is 1.86. The van der Waals surface area contributed by atoms with Crippen molar-refractivity contribution in [1.29, 1.82) is 0 Å². The molecule has 2 aromatic carbocycles. The maximum atomic E-state index is 6.14. The van der Waals surface area contributed by atoms with Crippen molar-refractivity contribution in [1.82, 2.24) is 14.6 Å². The number of benzene rings is 2. The molecule has 5 aromatic rings. The van der Waals surface area contributed by atoms with Gasteiger partial charge in [-0.2, -0.15) is 5.10 Å². The quantitative estimate of drug-likeness (QED) is 0.336. The smallest absolute Gasteiger partial charge is 0.189 e. The van der Waals surface area contributed by atoms with Crippen molar-refractivity contribution >= 4 is 39.2 Å². The fourth-order valence-corrected chi connectivity index (χ4v) is 3.64. The maximum Gasteiger partial charge on any atom is 0.189 e. The first-order valence-corrected chi connectivity index (χ1v) is 8.87. The molecule has 5 heteroatoms. The number of hydrogen-bond acceptors (Lipinski definition) is 4. The van der Waals surface area contributed by atoms with E-state index >= 15 is 0 Å². The normalized spacial score (nSPS) is 11.7. The molecule has 5 rings (SSSR count). The molecule has 24 heavy (non-hydrogen) atoms. The number of thioether (sulfide) groups is 1. The fourth-order valence-electron chi connectivity index (χ4n) is 3.12. The Morgan fingerprint density at radius 3 is 2.79 bits per heavy atom. The van der Waals surface area contributed by atoms with Crippen LogP contribution in [0.25, 0.3) is 38.7 Å². The van der Waals surface area contributed by atoms with Gasteiger partial charge in [0.15, 0.2) is 5.16 Å². The van der Waals surface area contributed by atoms with Crippen LogP contribution in [0.15, 0.2) is 70.4 Å². The molecule has 0 atom stereocenters. The van der Waals surface area contributed by atoms with E-state index in [9.17, 15) is 0 Å². The summed E-state index contributed by atoms with van der Waals surface area (Å²) in [4.78, 5) is 4.79. The van der Waals surface area contributed by atoms with Crippen molar-refractivity contribution in [2.75, 3.05) is 6.26 Å². The molecule has 0 aliphatic carbocycles. The average Bonchev–Trinajstić information content (AvgIpc) is 3.24. The summed E-state index contributed by atoms with van der Waals surface area (Å²) in [5.74, 6) is 0. The first-order chi connectivity index (χ1) is 11.8. The lowest BCUT2D eigenvalue weighted by molar-refractivity contribution is 0.669. The highest BCUT2D eigenvalue weighted by molar-refractivity contribution is 7.98. The zero-order valence-electron chi connectivity index (χ0n) is 12.9. The Morgan fingerprint density at radius 1 is 1.00 bits per heavy atom. The molecular formula is C19H13N3OS. The lowest BCUT2D eigenvalue weighted by Crippen LogP contribution is -1.97. The Morgan fingerprint density at radius 2 is 1.88 bits per heavy atom. The first kappa shape index (κ1) is 13.6. The second kappa shape index (κ2) is 5.11. The van der Waals surface area contributed by atoms with Gasteiger partial charge in [0.1, 0.15) is 11.2 Å². The van der Waals surface area contributed by atoms with Gasteiger partial charge in [0, 0.05) is 16.3 Å². The second-order valence-electron chi connectivity index (χ2n) is 5.58. The van der Waals surface area contributed by atoms with Crippen LogP contribution < -0.4 is 0 Å². The van der Waals surface area contributed by atoms with Crippen LogP contribution in [0, 0.1) is 0 Å². The fraction of sp³-hybridized carbons (Fsp3) is 0.0526. The summed E-state index contributed by atoms with van der Waals surface area (Å²) in [5.41, 5.74) is 4.70. The summed E-state index contributed by atoms with van der Waals surface area (Å²) < 4.78 is 7.99. The van der Waals surface area contributed by atoms with Crippen molar-refractivity contribution < 1.29 is 4.42 Å². The van der Waals surface area contributed by atoms with Crippen LogP contribution in [0.4, 0.5) is 0 Å². The number of hydrogen-bond donors (Lipinski definition) is 0. The summed E-state index contributed by atoms with van der Waals surface area (Å²) in [6, 6.07) is 18.4. The predicted molar refractivity (Wildman–Crippen MR) is 97.5 cm³/mol. The number of nitrogens with zero attached hydrogens (tertiary/aromatic N) is 3. The summed E-state index contributed by atoms with van der Waals surface area (Å²) in [6.07, 6.45) is 3.80. The highest BCUT2D eigenvalue weighted by atomic mass is 32.2. The monoisotopic (exact) mass is 331 g/mol. The lowest BCUT2D eigenvalue weighted by atomic mass is 10.1. The van der Waals surface area contributed by atoms with Crippen LogP contribution in [0.1, 0.15) is 0 Å². The van der Waals surface area contributed by atoms with E-state index in [1.807, 2.05) is 35.0 Å². The molecule has 0 bridgehead atoms. The molecule has 3 aromatic heterocycles. The van der Waals surface area contributed by atoms with E-state index in [1.165, 1.54) is 0 Å². The zero-order chi connectivity index (χ0) is 16.1. The SMILES string of the molecule is CSc1nc(-c2cccc3c2oc2ccccc23)cc2ccnn12. The topological polar surface area (TPSA) is 43.3 Å². The molecule has 0 amide bonds. The first-order valence-electron chi connectivity index (χ1n) is 7.64. The minimum absolute atomic E-state index is 0.862. The molecule has 0 saturated heterocycles. The van der Waals surface area contributed by atoms with Crippen molar-refractivity contribution in [2.45, 2.75) is 5.16 Å². The van der Waals surface area contributed by atoms with Crippen molar-refractivity contribution in [3.05, 3.63) is 60.8 Å². The zero-order valence-corrected chi connectivity index (χ0v) is 13.7. The molecule has 3 heterocycles. The van der Waals surface area contributed by atoms with Crippen LogP contribution in [0.3, 0.4) is 0 Å². The van der Waals surface area contributed by atoms with Gasteiger partial charge < -0.3 is 4.42 Å². The van der Waals surface area contributed by atoms with Crippen LogP contribution in [-0.4, -0.2) is 20.9 Å². The van der Waals surface area contributed by atoms with E-state index in [2.05, 4.69) is 35.4 Å². The lowest BCUT2D eigenvalue weighted by Gasteiger charge is -2.06. The Hall–Kier alpha value is -2.79. The van der Waals surface area contributed by atoms with Gasteiger partial charge in [0.2, 0.25) is 0 Å². The van der Waals surface area contributed by atoms with E-state index in [1.54, 1.807) is 18.0 Å². The molecule has 0 fully saturated rings. The molecule has 116 valence electrons. The number of rotatable bonds is 2. The Bertz CT molecular complexity index is 1210. The standard InChI is InChI=1S/C19H13N3OS/c1-24-19-21-16(11-12-9-10-20-22(12)19)15-7-4-6-14-13-5-2-3-8-17(13)23-18(14)15/h2-11H,1H3. The van der Waals surface area contributed by atoms with Gasteiger partial charge in [-0.05, 0) is 30.5 Å². The molecule has 0 aliphatic rings.